The Labute approximate surface area is 170 Å². The molecule has 0 fully saturated rings. The molecule has 2 heterocycles. The number of nitrogens with zero attached hydrogens (tertiary/aromatic N) is 1. The summed E-state index contributed by atoms with van der Waals surface area (Å²) in [4.78, 5) is 0. The van der Waals surface area contributed by atoms with Gasteiger partial charge in [0.2, 0.25) is 0 Å². The van der Waals surface area contributed by atoms with Crippen molar-refractivity contribution < 1.29 is 4.42 Å². The molecule has 0 atom stereocenters. The van der Waals surface area contributed by atoms with Crippen LogP contribution in [0.5, 0.6) is 0 Å². The number of para-hydroxylation sites is 2. The fourth-order valence-electron chi connectivity index (χ4n) is 4.12. The highest BCUT2D eigenvalue weighted by molar-refractivity contribution is 6.33. The third kappa shape index (κ3) is 2.66. The van der Waals surface area contributed by atoms with Crippen molar-refractivity contribution in [3.63, 3.8) is 0 Å². The van der Waals surface area contributed by atoms with E-state index in [-0.39, 0.29) is 0 Å². The molecule has 4 aromatic carbocycles. The summed E-state index contributed by atoms with van der Waals surface area (Å²) in [5.74, 6) is 0. The second-order valence-electron chi connectivity index (χ2n) is 6.91. The lowest BCUT2D eigenvalue weighted by atomic mass is 9.94. The van der Waals surface area contributed by atoms with Gasteiger partial charge in [0.15, 0.2) is 0 Å². The fraction of sp³-hybridized carbons (Fsp3) is 0.0769. The summed E-state index contributed by atoms with van der Waals surface area (Å²) in [5, 5.41) is 4.65. The van der Waals surface area contributed by atoms with Crippen molar-refractivity contribution in [1.82, 2.24) is 4.57 Å². The molecule has 0 saturated carbocycles. The highest BCUT2D eigenvalue weighted by atomic mass is 16.3. The van der Waals surface area contributed by atoms with Gasteiger partial charge in [0.05, 0.1) is 11.0 Å². The molecule has 0 amide bonds. The van der Waals surface area contributed by atoms with Gasteiger partial charge in [-0.2, -0.15) is 0 Å². The number of aromatic nitrogens is 1. The highest BCUT2D eigenvalue weighted by Crippen LogP contribution is 2.34. The maximum atomic E-state index is 6.01. The summed E-state index contributed by atoms with van der Waals surface area (Å²) in [6, 6.07) is 29.2. The lowest BCUT2D eigenvalue weighted by molar-refractivity contribution is 0.669. The van der Waals surface area contributed by atoms with Crippen molar-refractivity contribution in [2.45, 2.75) is 13.8 Å². The monoisotopic (exact) mass is 373 g/mol. The first-order valence-electron chi connectivity index (χ1n) is 10.00. The SMILES string of the molecule is CC.[B]c1ccc2oc3ccc(-n4c5ccccc5c5ccccc54)cc3c2c1. The van der Waals surface area contributed by atoms with Crippen molar-refractivity contribution in [3.8, 4) is 5.69 Å². The van der Waals surface area contributed by atoms with Crippen molar-refractivity contribution >= 4 is 57.1 Å². The van der Waals surface area contributed by atoms with Gasteiger partial charge in [-0.05, 0) is 36.4 Å². The van der Waals surface area contributed by atoms with Crippen LogP contribution in [0.25, 0.3) is 49.4 Å². The zero-order valence-corrected chi connectivity index (χ0v) is 16.5. The summed E-state index contributed by atoms with van der Waals surface area (Å²) in [7, 11) is 6.01. The van der Waals surface area contributed by atoms with Gasteiger partial charge in [0, 0.05) is 27.2 Å². The number of furan rings is 1. The number of hydrogen-bond acceptors (Lipinski definition) is 1. The minimum Gasteiger partial charge on any atom is -0.456 e. The van der Waals surface area contributed by atoms with Crippen LogP contribution in [0.2, 0.25) is 0 Å². The van der Waals surface area contributed by atoms with E-state index in [2.05, 4.69) is 65.2 Å². The molecule has 0 aliphatic heterocycles. The van der Waals surface area contributed by atoms with Gasteiger partial charge in [-0.3, -0.25) is 0 Å². The van der Waals surface area contributed by atoms with Crippen LogP contribution in [0.1, 0.15) is 13.8 Å². The second-order valence-corrected chi connectivity index (χ2v) is 6.91. The van der Waals surface area contributed by atoms with E-state index in [9.17, 15) is 0 Å². The molecule has 138 valence electrons. The van der Waals surface area contributed by atoms with Crippen LogP contribution in [0.15, 0.2) is 89.3 Å². The van der Waals surface area contributed by atoms with Crippen LogP contribution in [0, 0.1) is 0 Å². The molecule has 2 nitrogen and oxygen atoms in total. The minimum atomic E-state index is 0.743. The fourth-order valence-corrected chi connectivity index (χ4v) is 4.12. The summed E-state index contributed by atoms with van der Waals surface area (Å²) >= 11 is 0. The number of hydrogen-bond donors (Lipinski definition) is 0. The van der Waals surface area contributed by atoms with E-state index in [1.54, 1.807) is 0 Å². The standard InChI is InChI=1S/C24H14BNO.C2H6/c25-15-9-11-23-19(13-15)20-14-16(10-12-24(20)27-23)26-21-7-3-1-5-17(21)18-6-2-4-8-22(18)26;1-2/h1-14H;1-2H3. The molecule has 0 N–H and O–H groups in total. The highest BCUT2D eigenvalue weighted by Gasteiger charge is 2.13. The quantitative estimate of drug-likeness (QED) is 0.301. The Hall–Kier alpha value is -3.46. The van der Waals surface area contributed by atoms with E-state index < -0.39 is 0 Å². The Morgan fingerprint density at radius 1 is 0.621 bits per heavy atom. The van der Waals surface area contributed by atoms with Gasteiger partial charge in [0.1, 0.15) is 19.0 Å². The lowest BCUT2D eigenvalue weighted by Gasteiger charge is -2.08. The zero-order chi connectivity index (χ0) is 20.0. The summed E-state index contributed by atoms with van der Waals surface area (Å²) in [5.41, 5.74) is 5.99. The maximum Gasteiger partial charge on any atom is 0.135 e. The van der Waals surface area contributed by atoms with Crippen LogP contribution in [0.3, 0.4) is 0 Å². The molecule has 3 heteroatoms. The largest absolute Gasteiger partial charge is 0.456 e. The first kappa shape index (κ1) is 17.6. The Morgan fingerprint density at radius 3 is 1.83 bits per heavy atom. The molecule has 2 aromatic heterocycles. The maximum absolute atomic E-state index is 6.01. The summed E-state index contributed by atoms with van der Waals surface area (Å²) in [6.45, 7) is 4.00. The van der Waals surface area contributed by atoms with E-state index in [0.29, 0.717) is 0 Å². The zero-order valence-electron chi connectivity index (χ0n) is 16.5. The number of rotatable bonds is 1. The predicted octanol–water partition coefficient (Wildman–Crippen LogP) is 6.50. The van der Waals surface area contributed by atoms with Crippen molar-refractivity contribution in [3.05, 3.63) is 84.9 Å². The molecule has 0 spiro atoms. The lowest BCUT2D eigenvalue weighted by Crippen LogP contribution is -1.98. The molecular weight excluding hydrogens is 353 g/mol. The minimum absolute atomic E-state index is 0.743. The first-order chi connectivity index (χ1) is 14.3. The molecule has 0 bridgehead atoms. The molecule has 0 aliphatic carbocycles. The van der Waals surface area contributed by atoms with Crippen LogP contribution in [0.4, 0.5) is 0 Å². The Morgan fingerprint density at radius 2 is 1.17 bits per heavy atom. The first-order valence-corrected chi connectivity index (χ1v) is 10.00. The van der Waals surface area contributed by atoms with Crippen LogP contribution >= 0.6 is 0 Å². The third-order valence-corrected chi connectivity index (χ3v) is 5.32. The molecule has 29 heavy (non-hydrogen) atoms. The van der Waals surface area contributed by atoms with Crippen molar-refractivity contribution in [1.29, 1.82) is 0 Å². The average Bonchev–Trinajstić information content (AvgIpc) is 3.30. The van der Waals surface area contributed by atoms with E-state index in [1.807, 2.05) is 38.1 Å². The average molecular weight is 373 g/mol. The molecule has 6 rings (SSSR count). The van der Waals surface area contributed by atoms with Crippen LogP contribution < -0.4 is 5.46 Å². The van der Waals surface area contributed by atoms with Crippen LogP contribution in [-0.4, -0.2) is 12.4 Å². The van der Waals surface area contributed by atoms with Gasteiger partial charge >= 0.3 is 0 Å². The van der Waals surface area contributed by atoms with Gasteiger partial charge in [0.25, 0.3) is 0 Å². The molecule has 0 saturated heterocycles. The molecule has 2 radical (unpaired) electrons. The Kier molecular flexibility index (Phi) is 4.17. The Bertz CT molecular complexity index is 1440. The molecule has 0 aliphatic rings. The van der Waals surface area contributed by atoms with Gasteiger partial charge in [-0.1, -0.05) is 67.8 Å². The second kappa shape index (κ2) is 6.86. The number of benzene rings is 4. The summed E-state index contributed by atoms with van der Waals surface area (Å²) < 4.78 is 8.30. The molecule has 6 aromatic rings. The van der Waals surface area contributed by atoms with Crippen molar-refractivity contribution in [2.75, 3.05) is 0 Å². The topological polar surface area (TPSA) is 18.1 Å². The normalized spacial score (nSPS) is 11.2. The van der Waals surface area contributed by atoms with Crippen LogP contribution in [-0.2, 0) is 0 Å². The van der Waals surface area contributed by atoms with Gasteiger partial charge in [-0.25, -0.2) is 0 Å². The van der Waals surface area contributed by atoms with E-state index >= 15 is 0 Å². The number of fused-ring (bicyclic) bond motifs is 6. The Balaban J connectivity index is 0.000000882. The van der Waals surface area contributed by atoms with E-state index in [1.165, 1.54) is 21.8 Å². The van der Waals surface area contributed by atoms with Crippen molar-refractivity contribution in [2.24, 2.45) is 0 Å². The predicted molar refractivity (Wildman–Crippen MR) is 125 cm³/mol. The van der Waals surface area contributed by atoms with Gasteiger partial charge in [-0.15, -0.1) is 0 Å². The molecular formula is C26H20BNO. The van der Waals surface area contributed by atoms with Gasteiger partial charge < -0.3 is 8.98 Å². The van der Waals surface area contributed by atoms with E-state index in [0.717, 1.165) is 33.1 Å². The smallest absolute Gasteiger partial charge is 0.135 e. The van der Waals surface area contributed by atoms with E-state index in [4.69, 9.17) is 12.3 Å². The third-order valence-electron chi connectivity index (χ3n) is 5.32. The summed E-state index contributed by atoms with van der Waals surface area (Å²) in [6.07, 6.45) is 0. The molecule has 0 unspecified atom stereocenters.